The smallest absolute Gasteiger partial charge is 0.406 e. The molecule has 1 heterocycles. The van der Waals surface area contributed by atoms with Crippen LogP contribution in [0, 0.1) is 0 Å². The normalized spacial score (nSPS) is 17.6. The molecule has 8 nitrogen and oxygen atoms in total. The van der Waals surface area contributed by atoms with Gasteiger partial charge in [0.2, 0.25) is 21.8 Å². The fourth-order valence-corrected chi connectivity index (χ4v) is 4.64. The molecule has 2 N–H and O–H groups in total. The van der Waals surface area contributed by atoms with Crippen molar-refractivity contribution in [2.75, 3.05) is 18.4 Å². The highest BCUT2D eigenvalue weighted by atomic mass is 32.2. The van der Waals surface area contributed by atoms with Crippen molar-refractivity contribution in [2.45, 2.75) is 23.7 Å². The third-order valence-electron chi connectivity index (χ3n) is 4.38. The van der Waals surface area contributed by atoms with Gasteiger partial charge in [0.1, 0.15) is 11.8 Å². The Labute approximate surface area is 176 Å². The molecule has 2 amide bonds. The molecule has 166 valence electrons. The average molecular weight is 457 g/mol. The van der Waals surface area contributed by atoms with Gasteiger partial charge < -0.3 is 15.4 Å². The first-order valence-corrected chi connectivity index (χ1v) is 10.5. The van der Waals surface area contributed by atoms with Crippen LogP contribution in [0.5, 0.6) is 5.75 Å². The maximum absolute atomic E-state index is 12.9. The van der Waals surface area contributed by atoms with Gasteiger partial charge in [0.25, 0.3) is 0 Å². The van der Waals surface area contributed by atoms with Crippen LogP contribution in [0.15, 0.2) is 59.5 Å². The predicted molar refractivity (Wildman–Crippen MR) is 104 cm³/mol. The molecule has 1 atom stereocenters. The molecule has 0 unspecified atom stereocenters. The Balaban J connectivity index is 1.71. The van der Waals surface area contributed by atoms with Crippen LogP contribution in [0.4, 0.5) is 18.9 Å². The number of alkyl halides is 3. The van der Waals surface area contributed by atoms with E-state index in [2.05, 4.69) is 15.4 Å². The number of sulfonamides is 1. The van der Waals surface area contributed by atoms with Gasteiger partial charge in [-0.15, -0.1) is 13.2 Å². The summed E-state index contributed by atoms with van der Waals surface area (Å²) in [7, 11) is -4.02. The first-order chi connectivity index (χ1) is 14.6. The molecule has 1 fully saturated rings. The van der Waals surface area contributed by atoms with E-state index in [1.807, 2.05) is 0 Å². The largest absolute Gasteiger partial charge is 0.573 e. The number of hydrogen-bond acceptors (Lipinski definition) is 5. The van der Waals surface area contributed by atoms with Crippen LogP contribution >= 0.6 is 0 Å². The standard InChI is InChI=1S/C19H18F3N3O5S/c20-19(21,22)30-14-8-6-13(7-9-14)24-17(26)12-16-18(27)23-10-11-25(16)31(28,29)15-4-2-1-3-5-15/h1-9,16H,10-12H2,(H,23,27)(H,24,26)/t16-/m1/s1. The molecule has 1 aliphatic rings. The maximum atomic E-state index is 12.9. The molecule has 0 bridgehead atoms. The summed E-state index contributed by atoms with van der Waals surface area (Å²) in [6, 6.07) is 10.7. The SMILES string of the molecule is O=C(C[C@@H]1C(=O)NCCN1S(=O)(=O)c1ccccc1)Nc1ccc(OC(F)(F)F)cc1. The molecular formula is C19H18F3N3O5S. The first kappa shape index (κ1) is 22.6. The Kier molecular flexibility index (Phi) is 6.51. The van der Waals surface area contributed by atoms with E-state index >= 15 is 0 Å². The van der Waals surface area contributed by atoms with E-state index in [1.165, 1.54) is 24.3 Å². The van der Waals surface area contributed by atoms with E-state index < -0.39 is 46.4 Å². The Morgan fingerprint density at radius 2 is 1.77 bits per heavy atom. The minimum absolute atomic E-state index is 0.00429. The van der Waals surface area contributed by atoms with Gasteiger partial charge in [-0.25, -0.2) is 8.42 Å². The molecular weight excluding hydrogens is 439 g/mol. The highest BCUT2D eigenvalue weighted by Crippen LogP contribution is 2.25. The molecule has 3 rings (SSSR count). The molecule has 0 aromatic heterocycles. The zero-order chi connectivity index (χ0) is 22.6. The van der Waals surface area contributed by atoms with Crippen molar-refractivity contribution in [3.63, 3.8) is 0 Å². The number of piperazine rings is 1. The molecule has 0 radical (unpaired) electrons. The lowest BCUT2D eigenvalue weighted by molar-refractivity contribution is -0.274. The highest BCUT2D eigenvalue weighted by molar-refractivity contribution is 7.89. The van der Waals surface area contributed by atoms with Crippen LogP contribution in [0.3, 0.4) is 0 Å². The van der Waals surface area contributed by atoms with Crippen molar-refractivity contribution in [3.05, 3.63) is 54.6 Å². The lowest BCUT2D eigenvalue weighted by atomic mass is 10.1. The van der Waals surface area contributed by atoms with E-state index in [1.54, 1.807) is 18.2 Å². The Morgan fingerprint density at radius 3 is 2.39 bits per heavy atom. The van der Waals surface area contributed by atoms with Crippen molar-refractivity contribution < 1.29 is 35.9 Å². The fraction of sp³-hybridized carbons (Fsp3) is 0.263. The molecule has 31 heavy (non-hydrogen) atoms. The second-order valence-electron chi connectivity index (χ2n) is 6.56. The zero-order valence-corrected chi connectivity index (χ0v) is 16.7. The van der Waals surface area contributed by atoms with Gasteiger partial charge in [-0.2, -0.15) is 4.31 Å². The molecule has 1 saturated heterocycles. The number of halogens is 3. The third-order valence-corrected chi connectivity index (χ3v) is 6.30. The lowest BCUT2D eigenvalue weighted by Crippen LogP contribution is -2.57. The summed E-state index contributed by atoms with van der Waals surface area (Å²) in [5, 5.41) is 4.97. The van der Waals surface area contributed by atoms with Crippen molar-refractivity contribution in [1.29, 1.82) is 0 Å². The number of rotatable bonds is 6. The minimum atomic E-state index is -4.84. The Morgan fingerprint density at radius 1 is 1.13 bits per heavy atom. The quantitative estimate of drug-likeness (QED) is 0.692. The van der Waals surface area contributed by atoms with Gasteiger partial charge in [-0.3, -0.25) is 9.59 Å². The molecule has 0 spiro atoms. The molecule has 12 heteroatoms. The summed E-state index contributed by atoms with van der Waals surface area (Å²) in [5.74, 6) is -1.76. The minimum Gasteiger partial charge on any atom is -0.406 e. The summed E-state index contributed by atoms with van der Waals surface area (Å²) in [5.41, 5.74) is 0.160. The van der Waals surface area contributed by atoms with Crippen LogP contribution in [0.1, 0.15) is 6.42 Å². The monoisotopic (exact) mass is 457 g/mol. The molecule has 2 aromatic carbocycles. The van der Waals surface area contributed by atoms with Crippen molar-refractivity contribution in [3.8, 4) is 5.75 Å². The number of amides is 2. The number of hydrogen-bond donors (Lipinski definition) is 2. The lowest BCUT2D eigenvalue weighted by Gasteiger charge is -2.33. The van der Waals surface area contributed by atoms with Crippen LogP contribution in [0.2, 0.25) is 0 Å². The number of carbonyl (C=O) groups is 2. The Hall–Kier alpha value is -3.12. The number of ether oxygens (including phenoxy) is 1. The number of nitrogens with one attached hydrogen (secondary N) is 2. The van der Waals surface area contributed by atoms with Gasteiger partial charge >= 0.3 is 6.36 Å². The van der Waals surface area contributed by atoms with E-state index in [-0.39, 0.29) is 23.7 Å². The third kappa shape index (κ3) is 5.73. The van der Waals surface area contributed by atoms with Gasteiger partial charge in [0.15, 0.2) is 0 Å². The fourth-order valence-electron chi connectivity index (χ4n) is 3.03. The van der Waals surface area contributed by atoms with Gasteiger partial charge in [-0.05, 0) is 36.4 Å². The number of nitrogens with zero attached hydrogens (tertiary/aromatic N) is 1. The molecule has 1 aliphatic heterocycles. The second kappa shape index (κ2) is 8.94. The predicted octanol–water partition coefficient (Wildman–Crippen LogP) is 2.10. The van der Waals surface area contributed by atoms with Crippen molar-refractivity contribution in [1.82, 2.24) is 9.62 Å². The van der Waals surface area contributed by atoms with E-state index in [4.69, 9.17) is 0 Å². The summed E-state index contributed by atoms with van der Waals surface area (Å²) in [6.07, 6.45) is -5.31. The summed E-state index contributed by atoms with van der Waals surface area (Å²) in [6.45, 7) is 0.0913. The Bertz CT molecular complexity index is 1040. The topological polar surface area (TPSA) is 105 Å². The summed E-state index contributed by atoms with van der Waals surface area (Å²) < 4.78 is 67.3. The van der Waals surface area contributed by atoms with Crippen molar-refractivity contribution in [2.24, 2.45) is 0 Å². The van der Waals surface area contributed by atoms with E-state index in [0.717, 1.165) is 16.4 Å². The molecule has 2 aromatic rings. The highest BCUT2D eigenvalue weighted by Gasteiger charge is 2.39. The number of anilines is 1. The van der Waals surface area contributed by atoms with Gasteiger partial charge in [-0.1, -0.05) is 18.2 Å². The summed E-state index contributed by atoms with van der Waals surface area (Å²) in [4.78, 5) is 24.7. The van der Waals surface area contributed by atoms with Crippen LogP contribution in [0.25, 0.3) is 0 Å². The summed E-state index contributed by atoms with van der Waals surface area (Å²) >= 11 is 0. The van der Waals surface area contributed by atoms with Gasteiger partial charge in [0.05, 0.1) is 11.3 Å². The average Bonchev–Trinajstić information content (AvgIpc) is 2.70. The number of carbonyl (C=O) groups excluding carboxylic acids is 2. The number of benzene rings is 2. The molecule has 0 aliphatic carbocycles. The maximum Gasteiger partial charge on any atom is 0.573 e. The van der Waals surface area contributed by atoms with Crippen LogP contribution in [-0.2, 0) is 19.6 Å². The van der Waals surface area contributed by atoms with Crippen LogP contribution < -0.4 is 15.4 Å². The molecule has 0 saturated carbocycles. The van der Waals surface area contributed by atoms with Gasteiger partial charge in [0, 0.05) is 18.8 Å². The first-order valence-electron chi connectivity index (χ1n) is 9.06. The van der Waals surface area contributed by atoms with Crippen molar-refractivity contribution >= 4 is 27.5 Å². The second-order valence-corrected chi connectivity index (χ2v) is 8.45. The zero-order valence-electron chi connectivity index (χ0n) is 15.9. The van der Waals surface area contributed by atoms with Crippen LogP contribution in [-0.4, -0.2) is 50.0 Å². The van der Waals surface area contributed by atoms with E-state index in [9.17, 15) is 31.2 Å². The van der Waals surface area contributed by atoms with E-state index in [0.29, 0.717) is 0 Å².